The van der Waals surface area contributed by atoms with Gasteiger partial charge in [-0.15, -0.1) is 0 Å². The number of benzene rings is 2. The number of carbonyl (C=O) groups is 4. The number of nitrogens with one attached hydrogen (secondary N) is 2. The molecule has 1 aliphatic heterocycles. The minimum Gasteiger partial charge on any atom is -0.465 e. The number of esters is 1. The van der Waals surface area contributed by atoms with E-state index < -0.39 is 24.1 Å². The molecule has 1 saturated carbocycles. The molecule has 10 nitrogen and oxygen atoms in total. The number of carbonyl (C=O) groups excluding carboxylic acids is 4. The number of methoxy groups -OCH3 is 1. The van der Waals surface area contributed by atoms with Gasteiger partial charge in [0.25, 0.3) is 0 Å². The number of ether oxygens (including phenoxy) is 1. The lowest BCUT2D eigenvalue weighted by Gasteiger charge is -2.27. The van der Waals surface area contributed by atoms with Crippen LogP contribution < -0.4 is 16.4 Å². The summed E-state index contributed by atoms with van der Waals surface area (Å²) in [6, 6.07) is 10.1. The molecule has 4 N–H and O–H groups in total. The van der Waals surface area contributed by atoms with E-state index in [4.69, 9.17) is 10.5 Å². The number of primary amides is 1. The van der Waals surface area contributed by atoms with E-state index in [1.807, 2.05) is 0 Å². The first kappa shape index (κ1) is 22.9. The second kappa shape index (κ2) is 8.73. The summed E-state index contributed by atoms with van der Waals surface area (Å²) >= 11 is 3.34. The number of rotatable bonds is 4. The summed E-state index contributed by atoms with van der Waals surface area (Å²) in [6.45, 7) is 0. The Kier molecular flexibility index (Phi) is 5.72. The third-order valence-electron chi connectivity index (χ3n) is 6.42. The van der Waals surface area contributed by atoms with Crippen LogP contribution >= 0.6 is 15.9 Å². The molecule has 0 bridgehead atoms. The Balaban J connectivity index is 1.36. The molecule has 3 aromatic rings. The third kappa shape index (κ3) is 4.23. The summed E-state index contributed by atoms with van der Waals surface area (Å²) in [6.07, 6.45) is 2.87. The van der Waals surface area contributed by atoms with Crippen LogP contribution in [0, 0.1) is 5.92 Å². The Morgan fingerprint density at radius 3 is 2.60 bits per heavy atom. The maximum atomic E-state index is 13.3. The fraction of sp³-hybridized carbons (Fsp3) is 0.250. The van der Waals surface area contributed by atoms with Gasteiger partial charge in [-0.25, -0.2) is 14.4 Å². The van der Waals surface area contributed by atoms with Gasteiger partial charge in [0.05, 0.1) is 23.9 Å². The largest absolute Gasteiger partial charge is 0.465 e. The highest BCUT2D eigenvalue weighted by Gasteiger charge is 2.56. The van der Waals surface area contributed by atoms with Gasteiger partial charge in [0.15, 0.2) is 0 Å². The zero-order valence-electron chi connectivity index (χ0n) is 18.7. The molecule has 1 aromatic heterocycles. The van der Waals surface area contributed by atoms with Crippen molar-refractivity contribution in [3.8, 4) is 0 Å². The summed E-state index contributed by atoms with van der Waals surface area (Å²) in [5.41, 5.74) is 7.18. The van der Waals surface area contributed by atoms with Crippen LogP contribution in [0.15, 0.2) is 53.1 Å². The highest BCUT2D eigenvalue weighted by Crippen LogP contribution is 2.48. The summed E-state index contributed by atoms with van der Waals surface area (Å²) in [7, 11) is 1.28. The van der Waals surface area contributed by atoms with Crippen molar-refractivity contribution < 1.29 is 23.9 Å². The molecule has 0 radical (unpaired) electrons. The summed E-state index contributed by atoms with van der Waals surface area (Å²) in [5.74, 6) is -0.613. The van der Waals surface area contributed by atoms with Crippen molar-refractivity contribution in [1.82, 2.24) is 9.47 Å². The van der Waals surface area contributed by atoms with Gasteiger partial charge in [-0.2, -0.15) is 0 Å². The van der Waals surface area contributed by atoms with E-state index in [1.165, 1.54) is 23.9 Å². The molecule has 3 atom stereocenters. The second-order valence-corrected chi connectivity index (χ2v) is 9.55. The van der Waals surface area contributed by atoms with E-state index in [-0.39, 0.29) is 23.4 Å². The molecule has 4 amide bonds. The monoisotopic (exact) mass is 539 g/mol. The Morgan fingerprint density at radius 1 is 1.09 bits per heavy atom. The minimum atomic E-state index is -0.677. The highest BCUT2D eigenvalue weighted by atomic mass is 79.9. The van der Waals surface area contributed by atoms with Crippen LogP contribution in [0.5, 0.6) is 0 Å². The van der Waals surface area contributed by atoms with E-state index in [1.54, 1.807) is 41.3 Å². The van der Waals surface area contributed by atoms with E-state index in [9.17, 15) is 19.2 Å². The smallest absolute Gasteiger partial charge is 0.337 e. The fourth-order valence-corrected chi connectivity index (χ4v) is 5.24. The van der Waals surface area contributed by atoms with Crippen molar-refractivity contribution >= 4 is 62.1 Å². The second-order valence-electron chi connectivity index (χ2n) is 8.63. The number of hydrogen-bond donors (Lipinski definition) is 3. The van der Waals surface area contributed by atoms with E-state index >= 15 is 0 Å². The van der Waals surface area contributed by atoms with Gasteiger partial charge in [-0.3, -0.25) is 9.36 Å². The maximum absolute atomic E-state index is 13.3. The molecule has 2 fully saturated rings. The van der Waals surface area contributed by atoms with Crippen LogP contribution in [0.3, 0.4) is 0 Å². The van der Waals surface area contributed by atoms with Crippen molar-refractivity contribution in [2.24, 2.45) is 11.7 Å². The average molecular weight is 540 g/mol. The molecule has 2 aliphatic rings. The molecule has 0 unspecified atom stereocenters. The SMILES string of the molecule is COC(=O)c1cc(Br)cc(NC(=O)[C@@H]2C[C@H]3C[C@H]3N2C(=O)Nc2cn(C(N)=O)c3ccccc23)c1. The van der Waals surface area contributed by atoms with Crippen LogP contribution in [0.2, 0.25) is 0 Å². The Morgan fingerprint density at radius 2 is 1.86 bits per heavy atom. The lowest BCUT2D eigenvalue weighted by atomic mass is 10.1. The number of halogens is 1. The van der Waals surface area contributed by atoms with Crippen molar-refractivity contribution in [3.05, 3.63) is 58.7 Å². The lowest BCUT2D eigenvalue weighted by molar-refractivity contribution is -0.120. The van der Waals surface area contributed by atoms with E-state index in [0.29, 0.717) is 33.2 Å². The number of hydrogen-bond acceptors (Lipinski definition) is 5. The molecule has 180 valence electrons. The summed E-state index contributed by atoms with van der Waals surface area (Å²) in [4.78, 5) is 51.8. The maximum Gasteiger partial charge on any atom is 0.337 e. The van der Waals surface area contributed by atoms with Gasteiger partial charge in [0.2, 0.25) is 5.91 Å². The van der Waals surface area contributed by atoms with Crippen molar-refractivity contribution in [2.45, 2.75) is 24.9 Å². The summed E-state index contributed by atoms with van der Waals surface area (Å²) < 4.78 is 6.63. The Hall–Kier alpha value is -3.86. The highest BCUT2D eigenvalue weighted by molar-refractivity contribution is 9.10. The van der Waals surface area contributed by atoms with E-state index in [0.717, 1.165) is 6.42 Å². The minimum absolute atomic E-state index is 0.0246. The van der Waals surface area contributed by atoms with Crippen LogP contribution in [0.25, 0.3) is 10.9 Å². The number of anilines is 2. The summed E-state index contributed by atoms with van der Waals surface area (Å²) in [5, 5.41) is 6.34. The Bertz CT molecular complexity index is 1390. The van der Waals surface area contributed by atoms with Crippen molar-refractivity contribution in [3.63, 3.8) is 0 Å². The normalized spacial score (nSPS) is 20.3. The number of nitrogens with two attached hydrogens (primary N) is 1. The van der Waals surface area contributed by atoms with Crippen LogP contribution in [0.4, 0.5) is 21.0 Å². The van der Waals surface area contributed by atoms with Gasteiger partial charge in [0.1, 0.15) is 6.04 Å². The first-order valence-corrected chi connectivity index (χ1v) is 11.7. The van der Waals surface area contributed by atoms with Gasteiger partial charge >= 0.3 is 18.0 Å². The Labute approximate surface area is 208 Å². The first-order chi connectivity index (χ1) is 16.8. The number of urea groups is 1. The standard InChI is InChI=1S/C24H22BrN5O5/c1-35-22(32)13-6-14(25)10-15(7-13)27-21(31)20-9-12-8-19(12)30(20)24(34)28-17-11-29(23(26)33)18-5-3-2-4-16(17)18/h2-7,10-12,19-20H,8-9H2,1H3,(H2,26,33)(H,27,31)(H,28,34)/t12-,19-,20+/m1/s1. The van der Waals surface area contributed by atoms with E-state index in [2.05, 4.69) is 26.6 Å². The number of aromatic nitrogens is 1. The number of piperidine rings is 1. The predicted molar refractivity (Wildman–Crippen MR) is 132 cm³/mol. The predicted octanol–water partition coefficient (Wildman–Crippen LogP) is 3.75. The number of amides is 4. The van der Waals surface area contributed by atoms with Crippen molar-refractivity contribution in [2.75, 3.05) is 17.7 Å². The molecule has 1 saturated heterocycles. The average Bonchev–Trinajstić information content (AvgIpc) is 3.33. The van der Waals surface area contributed by atoms with Crippen LogP contribution in [-0.2, 0) is 9.53 Å². The molecule has 5 rings (SSSR count). The topological polar surface area (TPSA) is 136 Å². The number of fused-ring (bicyclic) bond motifs is 2. The zero-order chi connectivity index (χ0) is 24.9. The van der Waals surface area contributed by atoms with Gasteiger partial charge in [0, 0.05) is 27.8 Å². The fourth-order valence-electron chi connectivity index (χ4n) is 4.75. The van der Waals surface area contributed by atoms with Crippen molar-refractivity contribution in [1.29, 1.82) is 0 Å². The number of likely N-dealkylation sites (tertiary alicyclic amines) is 1. The zero-order valence-corrected chi connectivity index (χ0v) is 20.2. The van der Waals surface area contributed by atoms with Crippen LogP contribution in [0.1, 0.15) is 23.2 Å². The molecule has 2 heterocycles. The molecular formula is C24H22BrN5O5. The number of nitrogens with zero attached hydrogens (tertiary/aromatic N) is 2. The first-order valence-electron chi connectivity index (χ1n) is 11.0. The molecule has 11 heteroatoms. The molecule has 0 spiro atoms. The molecule has 35 heavy (non-hydrogen) atoms. The molecule has 1 aliphatic carbocycles. The number of para-hydroxylation sites is 1. The molecule has 2 aromatic carbocycles. The third-order valence-corrected chi connectivity index (χ3v) is 6.88. The van der Waals surface area contributed by atoms with Gasteiger partial charge in [-0.1, -0.05) is 34.1 Å². The quantitative estimate of drug-likeness (QED) is 0.433. The lowest BCUT2D eigenvalue weighted by Crippen LogP contribution is -2.47. The van der Waals surface area contributed by atoms with Gasteiger partial charge in [-0.05, 0) is 43.0 Å². The molecular weight excluding hydrogens is 518 g/mol. The van der Waals surface area contributed by atoms with Crippen LogP contribution in [-0.4, -0.2) is 52.6 Å². The van der Waals surface area contributed by atoms with Gasteiger partial charge < -0.3 is 26.0 Å².